The summed E-state index contributed by atoms with van der Waals surface area (Å²) in [6.45, 7) is 0. The summed E-state index contributed by atoms with van der Waals surface area (Å²) in [7, 11) is 2.89. The number of rotatable bonds is 3. The van der Waals surface area contributed by atoms with Gasteiger partial charge in [0.15, 0.2) is 11.5 Å². The molecule has 4 rings (SSSR count). The lowest BCUT2D eigenvalue weighted by Crippen LogP contribution is -2.30. The zero-order chi connectivity index (χ0) is 23.3. The van der Waals surface area contributed by atoms with Gasteiger partial charge in [-0.15, -0.1) is 0 Å². The van der Waals surface area contributed by atoms with Gasteiger partial charge < -0.3 is 9.47 Å². The molecule has 2 aromatic rings. The van der Waals surface area contributed by atoms with Crippen LogP contribution in [0.1, 0.15) is 59.4 Å². The topological polar surface area (TPSA) is 30.8 Å². The van der Waals surface area contributed by atoms with Crippen LogP contribution in [-0.2, 0) is 12.4 Å². The van der Waals surface area contributed by atoms with E-state index in [-0.39, 0.29) is 29.3 Å². The van der Waals surface area contributed by atoms with E-state index in [4.69, 9.17) is 9.47 Å². The number of aliphatic imine (C=N–C) groups is 1. The lowest BCUT2D eigenvalue weighted by molar-refractivity contribution is -0.143. The van der Waals surface area contributed by atoms with Gasteiger partial charge in [0.05, 0.1) is 37.1 Å². The molecule has 2 atom stereocenters. The first-order valence-electron chi connectivity index (χ1n) is 10.2. The summed E-state index contributed by atoms with van der Waals surface area (Å²) in [6.07, 6.45) is -6.44. The summed E-state index contributed by atoms with van der Waals surface area (Å²) in [5.41, 5.74) is -1.55. The Labute approximate surface area is 181 Å². The average Bonchev–Trinajstić information content (AvgIpc) is 2.76. The van der Waals surface area contributed by atoms with Crippen LogP contribution in [0.15, 0.2) is 35.3 Å². The number of methoxy groups -OCH3 is 2. The average molecular weight is 457 g/mol. The van der Waals surface area contributed by atoms with Crippen LogP contribution in [0.3, 0.4) is 0 Å². The third-order valence-corrected chi connectivity index (χ3v) is 6.10. The molecule has 1 heterocycles. The maximum Gasteiger partial charge on any atom is 0.416 e. The molecule has 9 heteroatoms. The highest BCUT2D eigenvalue weighted by Crippen LogP contribution is 2.45. The van der Waals surface area contributed by atoms with E-state index in [1.807, 2.05) is 0 Å². The molecule has 0 amide bonds. The van der Waals surface area contributed by atoms with E-state index in [2.05, 4.69) is 4.99 Å². The van der Waals surface area contributed by atoms with Crippen molar-refractivity contribution in [3.8, 4) is 11.5 Å². The summed E-state index contributed by atoms with van der Waals surface area (Å²) >= 11 is 0. The molecule has 1 aliphatic heterocycles. The van der Waals surface area contributed by atoms with Crippen LogP contribution in [0, 0.1) is 0 Å². The molecule has 172 valence electrons. The Morgan fingerprint density at radius 2 is 1.34 bits per heavy atom. The van der Waals surface area contributed by atoms with Gasteiger partial charge in [-0.1, -0.05) is 12.8 Å². The Morgan fingerprint density at radius 3 is 1.91 bits per heavy atom. The number of hydrogen-bond acceptors (Lipinski definition) is 3. The first-order valence-corrected chi connectivity index (χ1v) is 10.2. The van der Waals surface area contributed by atoms with Crippen LogP contribution >= 0.6 is 0 Å². The molecule has 2 aliphatic rings. The highest BCUT2D eigenvalue weighted by atomic mass is 19.4. The van der Waals surface area contributed by atoms with Gasteiger partial charge in [0.1, 0.15) is 0 Å². The number of halogens is 6. The van der Waals surface area contributed by atoms with E-state index in [9.17, 15) is 26.3 Å². The molecule has 1 aliphatic carbocycles. The Bertz CT molecular complexity index is 1030. The largest absolute Gasteiger partial charge is 0.493 e. The van der Waals surface area contributed by atoms with E-state index in [1.54, 1.807) is 12.1 Å². The molecule has 1 fully saturated rings. The summed E-state index contributed by atoms with van der Waals surface area (Å²) < 4.78 is 91.4. The number of nitrogens with zero attached hydrogens (tertiary/aromatic N) is 1. The molecule has 1 saturated carbocycles. The minimum Gasteiger partial charge on any atom is -0.493 e. The molecule has 0 radical (unpaired) electrons. The van der Waals surface area contributed by atoms with Gasteiger partial charge in [-0.3, -0.25) is 4.99 Å². The minimum atomic E-state index is -4.93. The Hall–Kier alpha value is -2.71. The van der Waals surface area contributed by atoms with Gasteiger partial charge in [-0.2, -0.15) is 26.3 Å². The van der Waals surface area contributed by atoms with Crippen LogP contribution < -0.4 is 9.47 Å². The molecule has 3 nitrogen and oxygen atoms in total. The summed E-state index contributed by atoms with van der Waals surface area (Å²) in [5, 5.41) is 0. The highest BCUT2D eigenvalue weighted by Gasteiger charge is 2.39. The molecular formula is C23H21F6NO2. The van der Waals surface area contributed by atoms with E-state index in [1.165, 1.54) is 14.2 Å². The Balaban J connectivity index is 1.97. The molecule has 0 saturated heterocycles. The third-order valence-electron chi connectivity index (χ3n) is 6.10. The van der Waals surface area contributed by atoms with E-state index < -0.39 is 23.5 Å². The second kappa shape index (κ2) is 8.01. The zero-order valence-electron chi connectivity index (χ0n) is 17.4. The second-order valence-corrected chi connectivity index (χ2v) is 8.03. The molecular weight excluding hydrogens is 436 g/mol. The van der Waals surface area contributed by atoms with Crippen LogP contribution in [0.25, 0.3) is 0 Å². The summed E-state index contributed by atoms with van der Waals surface area (Å²) in [6, 6.07) is 4.74. The second-order valence-electron chi connectivity index (χ2n) is 8.03. The van der Waals surface area contributed by atoms with Gasteiger partial charge in [0.2, 0.25) is 0 Å². The maximum atomic E-state index is 13.4. The van der Waals surface area contributed by atoms with Gasteiger partial charge in [-0.25, -0.2) is 0 Å². The fourth-order valence-electron chi connectivity index (χ4n) is 4.59. The lowest BCUT2D eigenvalue weighted by atomic mass is 9.75. The normalized spacial score (nSPS) is 20.8. The SMILES string of the molecule is COc1cc2c(cc1OC)C1CCCCC1N=C2c1cc(C(F)(F)F)cc(C(F)(F)F)c1. The first-order chi connectivity index (χ1) is 15.0. The van der Waals surface area contributed by atoms with Crippen molar-refractivity contribution < 1.29 is 35.8 Å². The van der Waals surface area contributed by atoms with Crippen molar-refractivity contribution in [3.63, 3.8) is 0 Å². The van der Waals surface area contributed by atoms with Crippen molar-refractivity contribution in [3.05, 3.63) is 58.1 Å². The molecule has 0 spiro atoms. The quantitative estimate of drug-likeness (QED) is 0.485. The third kappa shape index (κ3) is 4.04. The van der Waals surface area contributed by atoms with Crippen LogP contribution in [-0.4, -0.2) is 26.0 Å². The van der Waals surface area contributed by atoms with Crippen molar-refractivity contribution in [2.75, 3.05) is 14.2 Å². The smallest absolute Gasteiger partial charge is 0.416 e. The number of fused-ring (bicyclic) bond motifs is 3. The van der Waals surface area contributed by atoms with Gasteiger partial charge >= 0.3 is 12.4 Å². The lowest BCUT2D eigenvalue weighted by Gasteiger charge is -2.36. The predicted octanol–water partition coefficient (Wildman–Crippen LogP) is 6.62. The van der Waals surface area contributed by atoms with Crippen molar-refractivity contribution in [1.29, 1.82) is 0 Å². The molecule has 0 N–H and O–H groups in total. The van der Waals surface area contributed by atoms with E-state index in [0.717, 1.165) is 37.0 Å². The predicted molar refractivity (Wildman–Crippen MR) is 107 cm³/mol. The fourth-order valence-corrected chi connectivity index (χ4v) is 4.59. The van der Waals surface area contributed by atoms with Crippen molar-refractivity contribution in [2.45, 2.75) is 50.0 Å². The minimum absolute atomic E-state index is 0.0233. The van der Waals surface area contributed by atoms with Crippen molar-refractivity contribution in [2.24, 2.45) is 4.99 Å². The van der Waals surface area contributed by atoms with E-state index in [0.29, 0.717) is 23.5 Å². The Morgan fingerprint density at radius 1 is 0.781 bits per heavy atom. The van der Waals surface area contributed by atoms with Gasteiger partial charge in [0.25, 0.3) is 0 Å². The standard InChI is InChI=1S/C23H21F6NO2/c1-31-19-10-16-15-5-3-4-6-18(15)30-21(17(16)11-20(19)32-2)12-7-13(22(24,25)26)9-14(8-12)23(27,28)29/h7-11,15,18H,3-6H2,1-2H3. The number of hydrogen-bond donors (Lipinski definition) is 0. The van der Waals surface area contributed by atoms with E-state index >= 15 is 0 Å². The van der Waals surface area contributed by atoms with Crippen LogP contribution in [0.4, 0.5) is 26.3 Å². The number of benzene rings is 2. The fraction of sp³-hybridized carbons (Fsp3) is 0.435. The van der Waals surface area contributed by atoms with Crippen molar-refractivity contribution in [1.82, 2.24) is 0 Å². The van der Waals surface area contributed by atoms with Crippen molar-refractivity contribution >= 4 is 5.71 Å². The number of ether oxygens (including phenoxy) is 2. The maximum absolute atomic E-state index is 13.4. The summed E-state index contributed by atoms with van der Waals surface area (Å²) in [5.74, 6) is 0.809. The van der Waals surface area contributed by atoms with Crippen LogP contribution in [0.2, 0.25) is 0 Å². The van der Waals surface area contributed by atoms with Gasteiger partial charge in [-0.05, 0) is 48.7 Å². The molecule has 2 aromatic carbocycles. The highest BCUT2D eigenvalue weighted by molar-refractivity contribution is 6.15. The molecule has 0 bridgehead atoms. The molecule has 2 unspecified atom stereocenters. The zero-order valence-corrected chi connectivity index (χ0v) is 17.4. The van der Waals surface area contributed by atoms with Crippen LogP contribution in [0.5, 0.6) is 11.5 Å². The first kappa shape index (κ1) is 22.5. The Kier molecular flexibility index (Phi) is 5.63. The molecule has 32 heavy (non-hydrogen) atoms. The molecule has 0 aromatic heterocycles. The summed E-state index contributed by atoms with van der Waals surface area (Å²) in [4.78, 5) is 4.68. The van der Waals surface area contributed by atoms with Gasteiger partial charge in [0, 0.05) is 17.0 Å². The monoisotopic (exact) mass is 457 g/mol. The number of alkyl halides is 6.